The summed E-state index contributed by atoms with van der Waals surface area (Å²) in [4.78, 5) is 0. The Morgan fingerprint density at radius 3 is 2.33 bits per heavy atom. The molecule has 0 aliphatic rings. The van der Waals surface area contributed by atoms with Crippen LogP contribution in [-0.4, -0.2) is 18.2 Å². The second-order valence-corrected chi connectivity index (χ2v) is 5.07. The van der Waals surface area contributed by atoms with Crippen LogP contribution in [0, 0.1) is 23.5 Å². The van der Waals surface area contributed by atoms with E-state index in [1.165, 1.54) is 6.07 Å². The van der Waals surface area contributed by atoms with E-state index in [0.717, 1.165) is 18.7 Å². The maximum atomic E-state index is 13.0. The van der Waals surface area contributed by atoms with Crippen LogP contribution in [0.2, 0.25) is 0 Å². The van der Waals surface area contributed by atoms with E-state index in [1.54, 1.807) is 0 Å². The van der Waals surface area contributed by atoms with Crippen LogP contribution in [0.25, 0.3) is 0 Å². The second kappa shape index (κ2) is 6.81. The van der Waals surface area contributed by atoms with E-state index in [0.29, 0.717) is 23.9 Å². The van der Waals surface area contributed by atoms with Crippen molar-refractivity contribution in [2.75, 3.05) is 13.1 Å². The fraction of sp³-hybridized carbons (Fsp3) is 0.571. The number of rotatable bonds is 6. The Kier molecular flexibility index (Phi) is 5.69. The molecule has 1 aromatic rings. The van der Waals surface area contributed by atoms with Gasteiger partial charge in [-0.25, -0.2) is 8.78 Å². The Morgan fingerprint density at radius 2 is 1.78 bits per heavy atom. The van der Waals surface area contributed by atoms with Gasteiger partial charge in [0.1, 0.15) is 0 Å². The van der Waals surface area contributed by atoms with Gasteiger partial charge in [-0.2, -0.15) is 0 Å². The summed E-state index contributed by atoms with van der Waals surface area (Å²) < 4.78 is 25.7. The van der Waals surface area contributed by atoms with Crippen molar-refractivity contribution in [1.82, 2.24) is 5.32 Å². The summed E-state index contributed by atoms with van der Waals surface area (Å²) in [6.45, 7) is 7.53. The predicted octanol–water partition coefficient (Wildman–Crippen LogP) is 2.88. The molecule has 0 saturated carbocycles. The molecule has 0 saturated heterocycles. The third kappa shape index (κ3) is 4.35. The van der Waals surface area contributed by atoms with Crippen LogP contribution in [0.3, 0.4) is 0 Å². The van der Waals surface area contributed by atoms with Crippen molar-refractivity contribution in [3.63, 3.8) is 0 Å². The molecule has 4 heteroatoms. The molecule has 0 bridgehead atoms. The molecule has 1 rings (SSSR count). The first-order valence-electron chi connectivity index (χ1n) is 6.25. The van der Waals surface area contributed by atoms with Crippen LogP contribution < -0.4 is 5.32 Å². The Labute approximate surface area is 107 Å². The van der Waals surface area contributed by atoms with Crippen molar-refractivity contribution in [2.24, 2.45) is 11.8 Å². The molecule has 102 valence electrons. The van der Waals surface area contributed by atoms with E-state index >= 15 is 0 Å². The van der Waals surface area contributed by atoms with Crippen LogP contribution in [-0.2, 0) is 0 Å². The summed E-state index contributed by atoms with van der Waals surface area (Å²) in [6, 6.07) is 3.47. The zero-order valence-electron chi connectivity index (χ0n) is 11.1. The number of hydrogen-bond acceptors (Lipinski definition) is 2. The molecule has 0 aliphatic carbocycles. The summed E-state index contributed by atoms with van der Waals surface area (Å²) in [6.07, 6.45) is -0.820. The average molecular weight is 257 g/mol. The van der Waals surface area contributed by atoms with E-state index in [-0.39, 0.29) is 0 Å². The van der Waals surface area contributed by atoms with E-state index in [2.05, 4.69) is 26.1 Å². The molecule has 2 atom stereocenters. The van der Waals surface area contributed by atoms with Gasteiger partial charge >= 0.3 is 0 Å². The average Bonchev–Trinajstić information content (AvgIpc) is 2.32. The molecule has 1 aromatic carbocycles. The van der Waals surface area contributed by atoms with E-state index in [1.807, 2.05) is 0 Å². The molecule has 0 radical (unpaired) electrons. The normalized spacial score (nSPS) is 14.8. The van der Waals surface area contributed by atoms with E-state index in [4.69, 9.17) is 0 Å². The molecule has 0 spiro atoms. The largest absolute Gasteiger partial charge is 0.387 e. The van der Waals surface area contributed by atoms with Crippen molar-refractivity contribution in [1.29, 1.82) is 0 Å². The highest BCUT2D eigenvalue weighted by Gasteiger charge is 2.12. The lowest BCUT2D eigenvalue weighted by atomic mass is 9.98. The smallest absolute Gasteiger partial charge is 0.159 e. The minimum atomic E-state index is -0.929. The summed E-state index contributed by atoms with van der Waals surface area (Å²) in [5, 5.41) is 13.0. The Bertz CT molecular complexity index is 382. The van der Waals surface area contributed by atoms with Crippen molar-refractivity contribution in [2.45, 2.75) is 26.9 Å². The highest BCUT2D eigenvalue weighted by Crippen LogP contribution is 2.16. The lowest BCUT2D eigenvalue weighted by molar-refractivity contribution is 0.171. The second-order valence-electron chi connectivity index (χ2n) is 5.07. The van der Waals surface area contributed by atoms with Crippen LogP contribution in [0.1, 0.15) is 32.4 Å². The number of aliphatic hydroxyl groups excluding tert-OH is 1. The first kappa shape index (κ1) is 15.1. The summed E-state index contributed by atoms with van der Waals surface area (Å²) in [7, 11) is 0. The van der Waals surface area contributed by atoms with Crippen LogP contribution >= 0.6 is 0 Å². The molecule has 0 heterocycles. The molecule has 2 N–H and O–H groups in total. The maximum Gasteiger partial charge on any atom is 0.159 e. The van der Waals surface area contributed by atoms with Crippen molar-refractivity contribution >= 4 is 0 Å². The molecule has 2 unspecified atom stereocenters. The van der Waals surface area contributed by atoms with Gasteiger partial charge in [0, 0.05) is 6.54 Å². The van der Waals surface area contributed by atoms with Gasteiger partial charge in [-0.15, -0.1) is 0 Å². The standard InChI is InChI=1S/C14H21F2NO/c1-9(2)10(3)7-17-8-14(18)11-4-5-12(15)13(16)6-11/h4-6,9-10,14,17-18H,7-8H2,1-3H3. The van der Waals surface area contributed by atoms with Crippen molar-refractivity contribution in [3.8, 4) is 0 Å². The van der Waals surface area contributed by atoms with Gasteiger partial charge in [0.2, 0.25) is 0 Å². The first-order chi connectivity index (χ1) is 8.41. The molecule has 2 nitrogen and oxygen atoms in total. The summed E-state index contributed by atoms with van der Waals surface area (Å²) in [5.74, 6) is -0.755. The first-order valence-corrected chi connectivity index (χ1v) is 6.25. The Hall–Kier alpha value is -1.00. The van der Waals surface area contributed by atoms with Gasteiger partial charge in [0.05, 0.1) is 6.10 Å². The van der Waals surface area contributed by atoms with Gasteiger partial charge in [0.15, 0.2) is 11.6 Å². The molecule has 0 aliphatic heterocycles. The van der Waals surface area contributed by atoms with E-state index < -0.39 is 17.7 Å². The van der Waals surface area contributed by atoms with Gasteiger partial charge in [-0.05, 0) is 36.1 Å². The quantitative estimate of drug-likeness (QED) is 0.821. The third-order valence-corrected chi connectivity index (χ3v) is 3.27. The fourth-order valence-corrected chi connectivity index (χ4v) is 1.52. The minimum absolute atomic E-state index is 0.335. The number of hydrogen-bond donors (Lipinski definition) is 2. The summed E-state index contributed by atoms with van der Waals surface area (Å²) >= 11 is 0. The van der Waals surface area contributed by atoms with Gasteiger partial charge in [-0.1, -0.05) is 26.8 Å². The van der Waals surface area contributed by atoms with Crippen LogP contribution in [0.4, 0.5) is 8.78 Å². The van der Waals surface area contributed by atoms with Crippen LogP contribution in [0.15, 0.2) is 18.2 Å². The molecule has 0 aromatic heterocycles. The molecular formula is C14H21F2NO. The number of benzene rings is 1. The Balaban J connectivity index is 2.45. The zero-order chi connectivity index (χ0) is 13.7. The number of aliphatic hydroxyl groups is 1. The van der Waals surface area contributed by atoms with Crippen molar-refractivity contribution < 1.29 is 13.9 Å². The zero-order valence-corrected chi connectivity index (χ0v) is 11.1. The van der Waals surface area contributed by atoms with Crippen molar-refractivity contribution in [3.05, 3.63) is 35.4 Å². The van der Waals surface area contributed by atoms with Gasteiger partial charge < -0.3 is 10.4 Å². The predicted molar refractivity (Wildman–Crippen MR) is 68.2 cm³/mol. The highest BCUT2D eigenvalue weighted by molar-refractivity contribution is 5.20. The minimum Gasteiger partial charge on any atom is -0.387 e. The van der Waals surface area contributed by atoms with E-state index in [9.17, 15) is 13.9 Å². The SMILES string of the molecule is CC(C)C(C)CNCC(O)c1ccc(F)c(F)c1. The monoisotopic (exact) mass is 257 g/mol. The lowest BCUT2D eigenvalue weighted by Gasteiger charge is -2.18. The fourth-order valence-electron chi connectivity index (χ4n) is 1.52. The molecule has 0 fully saturated rings. The Morgan fingerprint density at radius 1 is 1.11 bits per heavy atom. The van der Waals surface area contributed by atoms with Gasteiger partial charge in [-0.3, -0.25) is 0 Å². The third-order valence-electron chi connectivity index (χ3n) is 3.27. The number of halogens is 2. The highest BCUT2D eigenvalue weighted by atomic mass is 19.2. The summed E-state index contributed by atoms with van der Waals surface area (Å²) in [5.41, 5.74) is 0.388. The number of nitrogens with one attached hydrogen (secondary N) is 1. The lowest BCUT2D eigenvalue weighted by Crippen LogP contribution is -2.28. The molecule has 0 amide bonds. The van der Waals surface area contributed by atoms with Gasteiger partial charge in [0.25, 0.3) is 0 Å². The maximum absolute atomic E-state index is 13.0. The van der Waals surface area contributed by atoms with Crippen LogP contribution in [0.5, 0.6) is 0 Å². The topological polar surface area (TPSA) is 32.3 Å². The molecular weight excluding hydrogens is 236 g/mol. The molecule has 18 heavy (non-hydrogen) atoms.